The fraction of sp³-hybridized carbons (Fsp3) is 0.543. The lowest BCUT2D eigenvalue weighted by Gasteiger charge is -2.43. The molecule has 2 amide bonds. The molecule has 1 aliphatic carbocycles. The number of hydrogen-bond donors (Lipinski definition) is 2. The molecule has 0 radical (unpaired) electrons. The summed E-state index contributed by atoms with van der Waals surface area (Å²) in [6.07, 6.45) is 10.5. The average molecular weight is 688 g/mol. The van der Waals surface area contributed by atoms with Crippen molar-refractivity contribution in [2.24, 2.45) is 11.8 Å². The van der Waals surface area contributed by atoms with Gasteiger partial charge in [0.15, 0.2) is 5.60 Å². The Labute approximate surface area is 283 Å². The van der Waals surface area contributed by atoms with Crippen LogP contribution in [0.25, 0.3) is 0 Å². The number of carbonyl (C=O) groups excluding carboxylic acids is 2. The molecule has 10 nitrogen and oxygen atoms in total. The first-order valence-electron chi connectivity index (χ1n) is 16.4. The molecule has 12 heteroatoms. The van der Waals surface area contributed by atoms with E-state index in [1.807, 2.05) is 22.9 Å². The highest BCUT2D eigenvalue weighted by molar-refractivity contribution is 7.89. The lowest BCUT2D eigenvalue weighted by atomic mass is 9.70. The number of sulfonamides is 1. The molecule has 2 aromatic carbocycles. The van der Waals surface area contributed by atoms with Crippen molar-refractivity contribution in [1.82, 2.24) is 9.62 Å². The number of nitrogens with one attached hydrogen (secondary N) is 1. The number of methoxy groups -OCH3 is 1. The number of ether oxygens (including phenoxy) is 2. The maximum absolute atomic E-state index is 13.5. The van der Waals surface area contributed by atoms with E-state index in [1.165, 1.54) is 4.90 Å². The van der Waals surface area contributed by atoms with E-state index in [0.717, 1.165) is 55.9 Å². The molecule has 2 aromatic rings. The van der Waals surface area contributed by atoms with Gasteiger partial charge in [0.1, 0.15) is 12.4 Å². The molecular weight excluding hydrogens is 642 g/mol. The zero-order valence-corrected chi connectivity index (χ0v) is 29.0. The standard InChI is InChI=1S/C35H46ClN3O7S/c1-38-17-7-4-5-10-31(45-2)29-15-12-25(29)22-39-18-8-6-9-24-19-28(36)14-11-26(24)23-46-32-16-13-27(20-30(32)39)35(42,21-33(38)40)34(41)37-47(3,43)44/h5,10-11,13-14,16,19-20,25,29,31,42H,4,6-9,12,15,17-18,21-23H2,1-3H3,(H,37,41)/b10-5+/t25-,29+,31-,35+/m0/s1. The Kier molecular flexibility index (Phi) is 11.2. The third kappa shape index (κ3) is 8.49. The highest BCUT2D eigenvalue weighted by Gasteiger charge is 2.43. The van der Waals surface area contributed by atoms with Crippen LogP contribution < -0.4 is 14.4 Å². The van der Waals surface area contributed by atoms with E-state index in [9.17, 15) is 23.1 Å². The van der Waals surface area contributed by atoms with Crippen LogP contribution in [-0.2, 0) is 43.0 Å². The molecule has 2 bridgehead atoms. The molecule has 5 rings (SSSR count). The molecule has 1 fully saturated rings. The molecule has 4 atom stereocenters. The summed E-state index contributed by atoms with van der Waals surface area (Å²) >= 11 is 6.34. The van der Waals surface area contributed by atoms with Crippen LogP contribution in [0.3, 0.4) is 0 Å². The van der Waals surface area contributed by atoms with E-state index >= 15 is 0 Å². The molecule has 2 heterocycles. The highest BCUT2D eigenvalue weighted by atomic mass is 35.5. The van der Waals surface area contributed by atoms with Gasteiger partial charge in [0.05, 0.1) is 24.5 Å². The summed E-state index contributed by atoms with van der Waals surface area (Å²) in [7, 11) is -0.680. The fourth-order valence-electron chi connectivity index (χ4n) is 6.85. The zero-order chi connectivity index (χ0) is 33.8. The average Bonchev–Trinajstić information content (AvgIpc) is 3.03. The van der Waals surface area contributed by atoms with Gasteiger partial charge in [-0.05, 0) is 97.7 Å². The van der Waals surface area contributed by atoms with Crippen LogP contribution >= 0.6 is 11.6 Å². The topological polar surface area (TPSA) is 125 Å². The first-order valence-corrected chi connectivity index (χ1v) is 18.6. The second-order valence-electron chi connectivity index (χ2n) is 13.1. The van der Waals surface area contributed by atoms with E-state index in [-0.39, 0.29) is 18.3 Å². The van der Waals surface area contributed by atoms with Crippen molar-refractivity contribution in [3.05, 3.63) is 70.3 Å². The fourth-order valence-corrected chi connectivity index (χ4v) is 7.55. The minimum Gasteiger partial charge on any atom is -0.487 e. The molecular formula is C35H46ClN3O7S. The van der Waals surface area contributed by atoms with Crippen LogP contribution in [0.2, 0.25) is 5.02 Å². The van der Waals surface area contributed by atoms with E-state index in [1.54, 1.807) is 32.4 Å². The Bertz CT molecular complexity index is 1600. The lowest BCUT2D eigenvalue weighted by Crippen LogP contribution is -2.49. The quantitative estimate of drug-likeness (QED) is 0.450. The molecule has 2 N–H and O–H groups in total. The van der Waals surface area contributed by atoms with Crippen molar-refractivity contribution in [1.29, 1.82) is 0 Å². The number of fused-ring (bicyclic) bond motifs is 3. The van der Waals surface area contributed by atoms with Gasteiger partial charge in [0.25, 0.3) is 5.91 Å². The van der Waals surface area contributed by atoms with Gasteiger partial charge in [-0.1, -0.05) is 35.9 Å². The van der Waals surface area contributed by atoms with Crippen molar-refractivity contribution < 1.29 is 32.6 Å². The largest absolute Gasteiger partial charge is 0.487 e. The first kappa shape index (κ1) is 35.2. The van der Waals surface area contributed by atoms with E-state index < -0.39 is 33.9 Å². The number of carbonyl (C=O) groups is 2. The van der Waals surface area contributed by atoms with Gasteiger partial charge >= 0.3 is 0 Å². The van der Waals surface area contributed by atoms with Crippen molar-refractivity contribution in [2.75, 3.05) is 44.9 Å². The lowest BCUT2D eigenvalue weighted by molar-refractivity contribution is -0.148. The minimum atomic E-state index is -4.04. The summed E-state index contributed by atoms with van der Waals surface area (Å²) in [6, 6.07) is 10.7. The van der Waals surface area contributed by atoms with Gasteiger partial charge in [-0.25, -0.2) is 8.42 Å². The number of aryl methyl sites for hydroxylation is 1. The number of anilines is 1. The number of nitrogens with zero attached hydrogens (tertiary/aromatic N) is 2. The minimum absolute atomic E-state index is 0.0289. The van der Waals surface area contributed by atoms with E-state index in [4.69, 9.17) is 21.1 Å². The maximum atomic E-state index is 13.5. The molecule has 2 aliphatic heterocycles. The van der Waals surface area contributed by atoms with E-state index in [0.29, 0.717) is 54.4 Å². The van der Waals surface area contributed by atoms with Gasteiger partial charge < -0.3 is 24.4 Å². The molecule has 1 saturated carbocycles. The monoisotopic (exact) mass is 687 g/mol. The Hall–Kier alpha value is -3.12. The summed E-state index contributed by atoms with van der Waals surface area (Å²) in [5, 5.41) is 12.7. The van der Waals surface area contributed by atoms with Gasteiger partial charge in [0, 0.05) is 38.8 Å². The zero-order valence-electron chi connectivity index (χ0n) is 27.4. The Balaban J connectivity index is 1.62. The van der Waals surface area contributed by atoms with Crippen LogP contribution in [0.1, 0.15) is 61.6 Å². The number of allylic oxidation sites excluding steroid dienone is 1. The smallest absolute Gasteiger partial charge is 0.270 e. The second-order valence-corrected chi connectivity index (χ2v) is 15.3. The van der Waals surface area contributed by atoms with Gasteiger partial charge in [0.2, 0.25) is 15.9 Å². The van der Waals surface area contributed by atoms with Gasteiger partial charge in [-0.2, -0.15) is 0 Å². The summed E-state index contributed by atoms with van der Waals surface area (Å²) in [6.45, 7) is 2.07. The maximum Gasteiger partial charge on any atom is 0.270 e. The van der Waals surface area contributed by atoms with Crippen molar-refractivity contribution in [2.45, 2.75) is 69.7 Å². The molecule has 47 heavy (non-hydrogen) atoms. The predicted molar refractivity (Wildman–Crippen MR) is 182 cm³/mol. The van der Waals surface area contributed by atoms with Crippen LogP contribution in [-0.4, -0.2) is 76.4 Å². The number of hydrogen-bond acceptors (Lipinski definition) is 8. The summed E-state index contributed by atoms with van der Waals surface area (Å²) in [5.74, 6) is -0.455. The van der Waals surface area contributed by atoms with Crippen LogP contribution in [0.15, 0.2) is 48.6 Å². The van der Waals surface area contributed by atoms with Gasteiger partial charge in [-0.3, -0.25) is 14.3 Å². The number of amides is 2. The first-order chi connectivity index (χ1) is 22.4. The van der Waals surface area contributed by atoms with Crippen molar-refractivity contribution in [3.8, 4) is 5.75 Å². The third-order valence-corrected chi connectivity index (χ3v) is 10.5. The van der Waals surface area contributed by atoms with Crippen LogP contribution in [0.5, 0.6) is 5.75 Å². The highest BCUT2D eigenvalue weighted by Crippen LogP contribution is 2.42. The molecule has 0 spiro atoms. The SMILES string of the molecule is CO[C@H]1/C=C/CCCN(C)C(=O)C[C@](O)(C(=O)NS(C)(=O)=O)c2ccc3c(c2)N(CCCCc2cc(Cl)ccc2CO3)C[C@@H]2CC[C@H]21. The normalized spacial score (nSPS) is 26.7. The third-order valence-electron chi connectivity index (χ3n) is 9.75. The number of benzene rings is 2. The Morgan fingerprint density at radius 2 is 1.91 bits per heavy atom. The summed E-state index contributed by atoms with van der Waals surface area (Å²) in [5.41, 5.74) is 0.480. The van der Waals surface area contributed by atoms with Crippen molar-refractivity contribution in [3.63, 3.8) is 0 Å². The molecule has 0 unspecified atom stereocenters. The molecule has 3 aliphatic rings. The molecule has 0 aromatic heterocycles. The Morgan fingerprint density at radius 1 is 1.11 bits per heavy atom. The predicted octanol–water partition coefficient (Wildman–Crippen LogP) is 4.56. The molecule has 256 valence electrons. The van der Waals surface area contributed by atoms with Gasteiger partial charge in [-0.15, -0.1) is 0 Å². The number of halogens is 1. The number of rotatable bonds is 3. The summed E-state index contributed by atoms with van der Waals surface area (Å²) < 4.78 is 38.7. The molecule has 0 saturated heterocycles. The summed E-state index contributed by atoms with van der Waals surface area (Å²) in [4.78, 5) is 30.7. The van der Waals surface area contributed by atoms with E-state index in [2.05, 4.69) is 17.1 Å². The Morgan fingerprint density at radius 3 is 2.64 bits per heavy atom. The second kappa shape index (κ2) is 15.0. The van der Waals surface area contributed by atoms with Crippen LogP contribution in [0, 0.1) is 11.8 Å². The van der Waals surface area contributed by atoms with Crippen LogP contribution in [0.4, 0.5) is 5.69 Å². The van der Waals surface area contributed by atoms with Crippen molar-refractivity contribution >= 4 is 39.1 Å². The number of aliphatic hydroxyl groups is 1.